The van der Waals surface area contributed by atoms with Crippen LogP contribution < -0.4 is 5.32 Å². The Hall–Kier alpha value is -2.30. The van der Waals surface area contributed by atoms with Crippen molar-refractivity contribution in [2.24, 2.45) is 0 Å². The summed E-state index contributed by atoms with van der Waals surface area (Å²) in [6.45, 7) is 2.13. The van der Waals surface area contributed by atoms with Crippen LogP contribution in [0, 0.1) is 0 Å². The summed E-state index contributed by atoms with van der Waals surface area (Å²) in [5, 5.41) is 23.2. The van der Waals surface area contributed by atoms with Gasteiger partial charge in [-0.1, -0.05) is 6.92 Å². The number of aromatic hydroxyl groups is 2. The molecule has 0 unspecified atom stereocenters. The van der Waals surface area contributed by atoms with Crippen molar-refractivity contribution in [2.75, 3.05) is 0 Å². The van der Waals surface area contributed by atoms with E-state index in [1.807, 2.05) is 6.92 Å². The molecule has 0 fully saturated rings. The molecule has 0 radical (unpaired) electrons. The second-order valence-electron chi connectivity index (χ2n) is 4.38. The molecule has 0 aromatic heterocycles. The highest BCUT2D eigenvalue weighted by Crippen LogP contribution is 2.39. The number of phenolic OH excluding ortho intramolecular Hbond substituents is 2. The lowest BCUT2D eigenvalue weighted by molar-refractivity contribution is 0.0971. The Morgan fingerprint density at radius 1 is 1.42 bits per heavy atom. The van der Waals surface area contributed by atoms with Crippen molar-refractivity contribution in [2.45, 2.75) is 26.3 Å². The molecular formula is C14H15NO4. The van der Waals surface area contributed by atoms with Crippen LogP contribution >= 0.6 is 0 Å². The van der Waals surface area contributed by atoms with Gasteiger partial charge in [-0.3, -0.25) is 9.59 Å². The molecule has 0 atom stereocenters. The number of carbonyl (C=O) groups is 2. The molecule has 5 nitrogen and oxygen atoms in total. The summed E-state index contributed by atoms with van der Waals surface area (Å²) >= 11 is 0. The normalized spacial score (nSPS) is 12.7. The number of fused-ring (bicyclic) bond motifs is 1. The third kappa shape index (κ3) is 2.07. The molecule has 1 heterocycles. The fourth-order valence-electron chi connectivity index (χ4n) is 2.22. The quantitative estimate of drug-likeness (QED) is 0.438. The minimum atomic E-state index is -0.341. The first-order valence-corrected chi connectivity index (χ1v) is 6.10. The van der Waals surface area contributed by atoms with Crippen molar-refractivity contribution in [3.8, 4) is 11.5 Å². The number of ketones is 1. The van der Waals surface area contributed by atoms with Gasteiger partial charge in [0.15, 0.2) is 12.1 Å². The van der Waals surface area contributed by atoms with E-state index in [1.54, 1.807) is 12.3 Å². The van der Waals surface area contributed by atoms with Crippen LogP contribution in [-0.4, -0.2) is 22.3 Å². The van der Waals surface area contributed by atoms with Crippen molar-refractivity contribution in [3.05, 3.63) is 28.5 Å². The predicted molar refractivity (Wildman–Crippen MR) is 70.3 cm³/mol. The highest BCUT2D eigenvalue weighted by atomic mass is 16.3. The van der Waals surface area contributed by atoms with Gasteiger partial charge in [0, 0.05) is 24.1 Å². The van der Waals surface area contributed by atoms with Gasteiger partial charge in [0.25, 0.3) is 0 Å². The SMILES string of the molecule is CCCC(=O)c1c(O)c2c(c(O)c1C=O)CNC=C2. The van der Waals surface area contributed by atoms with Crippen molar-refractivity contribution in [1.82, 2.24) is 5.32 Å². The van der Waals surface area contributed by atoms with Crippen LogP contribution in [0.1, 0.15) is 51.6 Å². The predicted octanol–water partition coefficient (Wildman–Crippen LogP) is 1.97. The van der Waals surface area contributed by atoms with Gasteiger partial charge < -0.3 is 15.5 Å². The maximum atomic E-state index is 12.0. The molecule has 0 amide bonds. The third-order valence-electron chi connectivity index (χ3n) is 3.15. The van der Waals surface area contributed by atoms with E-state index in [9.17, 15) is 19.8 Å². The summed E-state index contributed by atoms with van der Waals surface area (Å²) < 4.78 is 0. The third-order valence-corrected chi connectivity index (χ3v) is 3.15. The number of hydrogen-bond donors (Lipinski definition) is 3. The first-order chi connectivity index (χ1) is 9.11. The van der Waals surface area contributed by atoms with Crippen LogP contribution in [-0.2, 0) is 6.54 Å². The van der Waals surface area contributed by atoms with Crippen LogP contribution in [0.25, 0.3) is 6.08 Å². The zero-order chi connectivity index (χ0) is 14.0. The Bertz CT molecular complexity index is 576. The van der Waals surface area contributed by atoms with Crippen molar-refractivity contribution < 1.29 is 19.8 Å². The Labute approximate surface area is 110 Å². The van der Waals surface area contributed by atoms with Crippen LogP contribution in [0.3, 0.4) is 0 Å². The monoisotopic (exact) mass is 261 g/mol. The maximum absolute atomic E-state index is 12.0. The zero-order valence-corrected chi connectivity index (χ0v) is 10.6. The molecule has 0 spiro atoms. The number of Topliss-reactive ketones (excluding diaryl/α,β-unsaturated/α-hetero) is 1. The second-order valence-corrected chi connectivity index (χ2v) is 4.38. The number of phenols is 2. The van der Waals surface area contributed by atoms with Gasteiger partial charge in [-0.05, 0) is 18.7 Å². The molecule has 19 heavy (non-hydrogen) atoms. The first-order valence-electron chi connectivity index (χ1n) is 6.10. The Morgan fingerprint density at radius 2 is 2.16 bits per heavy atom. The number of carbonyl (C=O) groups excluding carboxylic acids is 2. The molecule has 0 saturated heterocycles. The molecule has 0 aliphatic carbocycles. The summed E-state index contributed by atoms with van der Waals surface area (Å²) in [5.74, 6) is -0.808. The van der Waals surface area contributed by atoms with E-state index >= 15 is 0 Å². The van der Waals surface area contributed by atoms with Gasteiger partial charge in [-0.2, -0.15) is 0 Å². The summed E-state index contributed by atoms with van der Waals surface area (Å²) in [5.41, 5.74) is 0.600. The van der Waals surface area contributed by atoms with E-state index < -0.39 is 0 Å². The van der Waals surface area contributed by atoms with E-state index in [-0.39, 0.29) is 34.8 Å². The smallest absolute Gasteiger partial charge is 0.167 e. The summed E-state index contributed by atoms with van der Waals surface area (Å²) in [6, 6.07) is 0. The van der Waals surface area contributed by atoms with Gasteiger partial charge in [0.05, 0.1) is 11.1 Å². The summed E-state index contributed by atoms with van der Waals surface area (Å²) in [7, 11) is 0. The fraction of sp³-hybridized carbons (Fsp3) is 0.286. The first kappa shape index (κ1) is 13.1. The number of benzene rings is 1. The molecule has 1 aliphatic heterocycles. The number of rotatable bonds is 4. The van der Waals surface area contributed by atoms with Gasteiger partial charge in [0.1, 0.15) is 11.5 Å². The highest BCUT2D eigenvalue weighted by Gasteiger charge is 2.26. The molecular weight excluding hydrogens is 246 g/mol. The van der Waals surface area contributed by atoms with Crippen LogP contribution in [0.5, 0.6) is 11.5 Å². The second kappa shape index (κ2) is 5.14. The van der Waals surface area contributed by atoms with Crippen molar-refractivity contribution >= 4 is 18.1 Å². The maximum Gasteiger partial charge on any atom is 0.167 e. The Kier molecular flexibility index (Phi) is 3.55. The molecule has 1 aromatic rings. The molecule has 0 bridgehead atoms. The van der Waals surface area contributed by atoms with Crippen LogP contribution in [0.2, 0.25) is 0 Å². The topological polar surface area (TPSA) is 86.6 Å². The molecule has 0 saturated carbocycles. The minimum absolute atomic E-state index is 0.0837. The Balaban J connectivity index is 2.73. The van der Waals surface area contributed by atoms with Crippen molar-refractivity contribution in [1.29, 1.82) is 0 Å². The number of hydrogen-bond acceptors (Lipinski definition) is 5. The van der Waals surface area contributed by atoms with Gasteiger partial charge in [0.2, 0.25) is 0 Å². The number of nitrogens with one attached hydrogen (secondary N) is 1. The lowest BCUT2D eigenvalue weighted by Crippen LogP contribution is -2.14. The average Bonchev–Trinajstić information content (AvgIpc) is 2.42. The van der Waals surface area contributed by atoms with E-state index in [2.05, 4.69) is 5.32 Å². The molecule has 3 N–H and O–H groups in total. The lowest BCUT2D eigenvalue weighted by Gasteiger charge is -2.19. The zero-order valence-electron chi connectivity index (χ0n) is 10.6. The van der Waals surface area contributed by atoms with E-state index in [0.717, 1.165) is 0 Å². The van der Waals surface area contributed by atoms with E-state index in [0.29, 0.717) is 30.4 Å². The molecule has 1 aliphatic rings. The van der Waals surface area contributed by atoms with Gasteiger partial charge >= 0.3 is 0 Å². The largest absolute Gasteiger partial charge is 0.507 e. The summed E-state index contributed by atoms with van der Waals surface area (Å²) in [4.78, 5) is 23.1. The lowest BCUT2D eigenvalue weighted by atomic mass is 9.91. The molecule has 100 valence electrons. The van der Waals surface area contributed by atoms with Crippen LogP contribution in [0.4, 0.5) is 0 Å². The average molecular weight is 261 g/mol. The Morgan fingerprint density at radius 3 is 2.79 bits per heavy atom. The van der Waals surface area contributed by atoms with E-state index in [4.69, 9.17) is 0 Å². The standard InChI is InChI=1S/C14H15NO4/c1-2-3-11(17)12-10(7-16)13(18)9-6-15-5-4-8(9)14(12)19/h4-5,7,15,18-19H,2-3,6H2,1H3. The van der Waals surface area contributed by atoms with Crippen molar-refractivity contribution in [3.63, 3.8) is 0 Å². The van der Waals surface area contributed by atoms with Gasteiger partial charge in [-0.25, -0.2) is 0 Å². The molecule has 1 aromatic carbocycles. The minimum Gasteiger partial charge on any atom is -0.507 e. The molecule has 2 rings (SSSR count). The summed E-state index contributed by atoms with van der Waals surface area (Å²) in [6.07, 6.45) is 4.43. The molecule has 5 heteroatoms. The van der Waals surface area contributed by atoms with Gasteiger partial charge in [-0.15, -0.1) is 0 Å². The number of aldehydes is 1. The fourth-order valence-corrected chi connectivity index (χ4v) is 2.22. The van der Waals surface area contributed by atoms with Crippen LogP contribution in [0.15, 0.2) is 6.20 Å². The highest BCUT2D eigenvalue weighted by molar-refractivity contribution is 6.07. The van der Waals surface area contributed by atoms with E-state index in [1.165, 1.54) is 0 Å².